The van der Waals surface area contributed by atoms with Crippen molar-refractivity contribution in [2.24, 2.45) is 5.92 Å². The summed E-state index contributed by atoms with van der Waals surface area (Å²) in [6.45, 7) is 0. The van der Waals surface area contributed by atoms with E-state index in [2.05, 4.69) is 69.2 Å². The van der Waals surface area contributed by atoms with Crippen LogP contribution < -0.4 is 0 Å². The zero-order chi connectivity index (χ0) is 21.7. The van der Waals surface area contributed by atoms with Gasteiger partial charge in [0.1, 0.15) is 21.3 Å². The molecular formula is C27H26B2N2O. The number of nitrogens with zero attached hydrogens (tertiary/aromatic N) is 2. The minimum absolute atomic E-state index is 0.128. The first-order valence-corrected chi connectivity index (χ1v) is 11.8. The Morgan fingerprint density at radius 2 is 1.66 bits per heavy atom. The Kier molecular flexibility index (Phi) is 4.60. The molecule has 3 aromatic heterocycles. The van der Waals surface area contributed by atoms with E-state index in [-0.39, 0.29) is 5.21 Å². The fraction of sp³-hybridized carbons (Fsp3) is 0.259. The van der Waals surface area contributed by atoms with Crippen LogP contribution in [0.3, 0.4) is 0 Å². The number of rotatable bonds is 3. The molecule has 3 heterocycles. The van der Waals surface area contributed by atoms with Crippen LogP contribution in [-0.4, -0.2) is 25.7 Å². The molecule has 5 heteroatoms. The molecule has 1 saturated carbocycles. The van der Waals surface area contributed by atoms with Gasteiger partial charge >= 0.3 is 0 Å². The molecule has 3 nitrogen and oxygen atoms in total. The van der Waals surface area contributed by atoms with Crippen molar-refractivity contribution in [3.63, 3.8) is 0 Å². The highest BCUT2D eigenvalue weighted by molar-refractivity contribution is 6.40. The third-order valence-electron chi connectivity index (χ3n) is 7.65. The summed E-state index contributed by atoms with van der Waals surface area (Å²) >= 11 is 0. The molecule has 0 N–H and O–H groups in total. The van der Waals surface area contributed by atoms with Gasteiger partial charge in [-0.15, -0.1) is 0 Å². The van der Waals surface area contributed by atoms with Crippen LogP contribution in [0.4, 0.5) is 0 Å². The van der Waals surface area contributed by atoms with Gasteiger partial charge in [0.25, 0.3) is 0 Å². The maximum absolute atomic E-state index is 6.34. The molecule has 1 aliphatic rings. The van der Waals surface area contributed by atoms with Crippen molar-refractivity contribution in [2.75, 3.05) is 0 Å². The quantitative estimate of drug-likeness (QED) is 0.380. The van der Waals surface area contributed by atoms with Crippen LogP contribution in [-0.2, 0) is 5.21 Å². The molecular weight excluding hydrogens is 390 g/mol. The van der Waals surface area contributed by atoms with Gasteiger partial charge in [-0.25, -0.2) is 4.98 Å². The number of benzene rings is 2. The van der Waals surface area contributed by atoms with E-state index >= 15 is 0 Å². The van der Waals surface area contributed by atoms with Crippen molar-refractivity contribution in [3.05, 3.63) is 72.6 Å². The molecule has 0 aliphatic heterocycles. The summed E-state index contributed by atoms with van der Waals surface area (Å²) in [6.07, 6.45) is 10.5. The summed E-state index contributed by atoms with van der Waals surface area (Å²) in [6, 6.07) is 19.3. The van der Waals surface area contributed by atoms with Crippen molar-refractivity contribution in [2.45, 2.75) is 37.3 Å². The highest BCUT2D eigenvalue weighted by atomic mass is 16.3. The van der Waals surface area contributed by atoms with E-state index in [1.807, 2.05) is 12.3 Å². The molecule has 0 radical (unpaired) electrons. The number of hydrogen-bond donors (Lipinski definition) is 0. The van der Waals surface area contributed by atoms with E-state index < -0.39 is 0 Å². The van der Waals surface area contributed by atoms with Crippen LogP contribution in [0.25, 0.3) is 44.1 Å². The van der Waals surface area contributed by atoms with Gasteiger partial charge < -0.3 is 4.42 Å². The molecule has 2 aromatic carbocycles. The van der Waals surface area contributed by atoms with Gasteiger partial charge in [-0.2, -0.15) is 0 Å². The zero-order valence-electron chi connectivity index (χ0n) is 18.8. The third-order valence-corrected chi connectivity index (χ3v) is 7.65. The number of fused-ring (bicyclic) bond motifs is 5. The average molecular weight is 416 g/mol. The fourth-order valence-electron chi connectivity index (χ4n) is 5.69. The second-order valence-corrected chi connectivity index (χ2v) is 9.79. The summed E-state index contributed by atoms with van der Waals surface area (Å²) in [5.41, 5.74) is 4.93. The number of pyridine rings is 2. The molecule has 0 amide bonds. The van der Waals surface area contributed by atoms with E-state index in [0.29, 0.717) is 5.71 Å². The lowest BCUT2D eigenvalue weighted by atomic mass is 9.43. The summed E-state index contributed by atoms with van der Waals surface area (Å²) < 4.78 is 6.34. The summed E-state index contributed by atoms with van der Waals surface area (Å²) in [7, 11) is 4.81. The Bertz CT molecular complexity index is 1450. The molecule has 1 aliphatic carbocycles. The molecule has 156 valence electrons. The molecule has 0 spiro atoms. The second-order valence-electron chi connectivity index (χ2n) is 9.79. The first-order chi connectivity index (χ1) is 15.6. The van der Waals surface area contributed by atoms with E-state index in [9.17, 15) is 0 Å². The first-order valence-electron chi connectivity index (χ1n) is 11.8. The van der Waals surface area contributed by atoms with Gasteiger partial charge in [-0.05, 0) is 47.0 Å². The highest BCUT2D eigenvalue weighted by Crippen LogP contribution is 2.41. The van der Waals surface area contributed by atoms with E-state index in [4.69, 9.17) is 9.40 Å². The normalized spacial score (nSPS) is 15.6. The van der Waals surface area contributed by atoms with Crippen molar-refractivity contribution < 1.29 is 4.42 Å². The molecule has 5 aromatic rings. The van der Waals surface area contributed by atoms with Crippen LogP contribution in [0.5, 0.6) is 0 Å². The lowest BCUT2D eigenvalue weighted by Crippen LogP contribution is -2.37. The molecule has 0 bridgehead atoms. The minimum atomic E-state index is 0.128. The summed E-state index contributed by atoms with van der Waals surface area (Å²) in [5, 5.41) is 4.69. The van der Waals surface area contributed by atoms with Gasteiger partial charge in [0.2, 0.25) is 5.71 Å². The Morgan fingerprint density at radius 1 is 0.844 bits per heavy atom. The Labute approximate surface area is 190 Å². The van der Waals surface area contributed by atoms with Crippen LogP contribution in [0.1, 0.15) is 37.7 Å². The highest BCUT2D eigenvalue weighted by Gasteiger charge is 2.32. The average Bonchev–Trinajstić information content (AvgIpc) is 3.24. The number of hydrogen-bond acceptors (Lipinski definition) is 3. The Hall–Kier alpha value is -3.07. The van der Waals surface area contributed by atoms with Gasteiger partial charge in [0.05, 0.1) is 5.69 Å². The predicted octanol–water partition coefficient (Wildman–Crippen LogP) is 5.20. The molecule has 1 fully saturated rings. The molecule has 6 rings (SSSR count). The number of aromatic nitrogens is 2. The maximum Gasteiger partial charge on any atom is 0.227 e. The van der Waals surface area contributed by atoms with Crippen LogP contribution in [0.15, 0.2) is 71.4 Å². The largest absolute Gasteiger partial charge is 0.437 e. The zero-order valence-corrected chi connectivity index (χ0v) is 18.8. The van der Waals surface area contributed by atoms with Gasteiger partial charge in [-0.3, -0.25) is 4.98 Å². The monoisotopic (exact) mass is 416 g/mol. The van der Waals surface area contributed by atoms with E-state index in [0.717, 1.165) is 33.5 Å². The van der Waals surface area contributed by atoms with Crippen molar-refractivity contribution in [1.29, 1.82) is 0 Å². The Balaban J connectivity index is 1.58. The lowest BCUT2D eigenvalue weighted by molar-refractivity contribution is 0.327. The summed E-state index contributed by atoms with van der Waals surface area (Å²) in [4.78, 5) is 9.31. The second kappa shape index (κ2) is 7.51. The van der Waals surface area contributed by atoms with Gasteiger partial charge in [0.15, 0.2) is 0 Å². The van der Waals surface area contributed by atoms with Crippen LogP contribution in [0.2, 0.25) is 0 Å². The van der Waals surface area contributed by atoms with Crippen molar-refractivity contribution >= 4 is 48.5 Å². The van der Waals surface area contributed by atoms with Crippen molar-refractivity contribution in [1.82, 2.24) is 9.97 Å². The van der Waals surface area contributed by atoms with Crippen LogP contribution >= 0.6 is 0 Å². The molecule has 0 unspecified atom stereocenters. The third kappa shape index (κ3) is 3.06. The van der Waals surface area contributed by atoms with Crippen molar-refractivity contribution in [3.8, 4) is 11.3 Å². The minimum Gasteiger partial charge on any atom is -0.437 e. The fourth-order valence-corrected chi connectivity index (χ4v) is 5.69. The maximum atomic E-state index is 6.34. The SMILES string of the molecule is BC(B)(c1ccnc(-c2cc3ccccc3c3c2oc2ncccc23)c1)C1CCCCC1. The smallest absolute Gasteiger partial charge is 0.227 e. The molecule has 0 saturated heterocycles. The number of furan rings is 1. The summed E-state index contributed by atoms with van der Waals surface area (Å²) in [5.74, 6) is 0.721. The van der Waals surface area contributed by atoms with Gasteiger partial charge in [-0.1, -0.05) is 67.1 Å². The van der Waals surface area contributed by atoms with E-state index in [1.54, 1.807) is 6.20 Å². The van der Waals surface area contributed by atoms with Gasteiger partial charge in [0, 0.05) is 28.7 Å². The predicted molar refractivity (Wildman–Crippen MR) is 138 cm³/mol. The standard InChI is InChI=1S/C27H26B2N2O/c28-27(29,18-8-2-1-3-9-18)19-12-14-30-23(16-19)22-15-17-7-4-5-10-20(17)24-21-11-6-13-31-26(21)32-25(22)24/h4-7,10-16,18H,1-3,8-9,28-29H2. The molecule has 0 atom stereocenters. The topological polar surface area (TPSA) is 38.9 Å². The van der Waals surface area contributed by atoms with E-state index in [1.165, 1.54) is 48.4 Å². The molecule has 32 heavy (non-hydrogen) atoms. The Morgan fingerprint density at radius 3 is 2.53 bits per heavy atom. The lowest BCUT2D eigenvalue weighted by Gasteiger charge is -2.38. The van der Waals surface area contributed by atoms with Crippen LogP contribution in [0, 0.1) is 5.92 Å². The first kappa shape index (κ1) is 19.6.